The zero-order valence-corrected chi connectivity index (χ0v) is 21.1. The summed E-state index contributed by atoms with van der Waals surface area (Å²) in [7, 11) is 0. The fraction of sp³-hybridized carbons (Fsp3) is 0.793. The van der Waals surface area contributed by atoms with Crippen molar-refractivity contribution in [2.75, 3.05) is 13.2 Å². The van der Waals surface area contributed by atoms with Gasteiger partial charge in [-0.15, -0.1) is 0 Å². The molecule has 1 saturated carbocycles. The molecule has 182 valence electrons. The number of epoxide rings is 1. The minimum absolute atomic E-state index is 0.533. The van der Waals surface area contributed by atoms with E-state index in [1.807, 2.05) is 0 Å². The van der Waals surface area contributed by atoms with Crippen molar-refractivity contribution in [3.63, 3.8) is 0 Å². The number of hydrogen-bond acceptors (Lipinski definition) is 3. The van der Waals surface area contributed by atoms with Crippen molar-refractivity contribution in [1.82, 2.24) is 0 Å². The third-order valence-electron chi connectivity index (χ3n) is 7.24. The Balaban J connectivity index is 1.71. The van der Waals surface area contributed by atoms with Crippen LogP contribution in [-0.2, 0) is 26.4 Å². The summed E-state index contributed by atoms with van der Waals surface area (Å²) in [5, 5.41) is 0. The molecule has 0 radical (unpaired) electrons. The minimum Gasteiger partial charge on any atom is -0.370 e. The van der Waals surface area contributed by atoms with E-state index >= 15 is 0 Å². The smallest absolute Gasteiger partial charge is 0.195 e. The quantitative estimate of drug-likeness (QED) is 0.139. The molecule has 2 aliphatic rings. The topological polar surface area (TPSA) is 31.0 Å². The Hall–Kier alpha value is -0.900. The SMILES string of the molecule is CCCCCCCCCC(OCCC)(OCCC)c1ccccc1CC1CCC2OC2C1. The van der Waals surface area contributed by atoms with Crippen molar-refractivity contribution in [3.8, 4) is 0 Å². The van der Waals surface area contributed by atoms with Crippen LogP contribution in [0.4, 0.5) is 0 Å². The first-order chi connectivity index (χ1) is 15.7. The molecule has 1 aromatic carbocycles. The van der Waals surface area contributed by atoms with Crippen LogP contribution < -0.4 is 0 Å². The lowest BCUT2D eigenvalue weighted by atomic mass is 9.82. The largest absolute Gasteiger partial charge is 0.370 e. The van der Waals surface area contributed by atoms with Crippen LogP contribution in [0.5, 0.6) is 0 Å². The minimum atomic E-state index is -0.598. The van der Waals surface area contributed by atoms with E-state index in [1.165, 1.54) is 68.9 Å². The van der Waals surface area contributed by atoms with Crippen LogP contribution in [0, 0.1) is 5.92 Å². The summed E-state index contributed by atoms with van der Waals surface area (Å²) in [6.45, 7) is 8.16. The Morgan fingerprint density at radius 2 is 1.50 bits per heavy atom. The van der Waals surface area contributed by atoms with Crippen molar-refractivity contribution in [1.29, 1.82) is 0 Å². The van der Waals surface area contributed by atoms with Crippen LogP contribution in [0.25, 0.3) is 0 Å². The van der Waals surface area contributed by atoms with Gasteiger partial charge in [0, 0.05) is 12.0 Å². The first-order valence-corrected chi connectivity index (χ1v) is 13.7. The highest BCUT2D eigenvalue weighted by Crippen LogP contribution is 2.42. The molecule has 3 heteroatoms. The van der Waals surface area contributed by atoms with Crippen molar-refractivity contribution in [3.05, 3.63) is 35.4 Å². The van der Waals surface area contributed by atoms with Crippen LogP contribution in [0.3, 0.4) is 0 Å². The Kier molecular flexibility index (Phi) is 11.0. The van der Waals surface area contributed by atoms with Gasteiger partial charge in [0.15, 0.2) is 5.79 Å². The molecule has 3 nitrogen and oxygen atoms in total. The zero-order chi connectivity index (χ0) is 22.7. The van der Waals surface area contributed by atoms with E-state index in [0.717, 1.165) is 45.3 Å². The first-order valence-electron chi connectivity index (χ1n) is 13.7. The summed E-state index contributed by atoms with van der Waals surface area (Å²) in [6, 6.07) is 8.96. The highest BCUT2D eigenvalue weighted by Gasteiger charge is 2.44. The zero-order valence-electron chi connectivity index (χ0n) is 21.1. The molecule has 1 aliphatic carbocycles. The molecule has 0 N–H and O–H groups in total. The fourth-order valence-corrected chi connectivity index (χ4v) is 5.38. The molecule has 3 atom stereocenters. The number of ether oxygens (including phenoxy) is 3. The van der Waals surface area contributed by atoms with Crippen molar-refractivity contribution in [2.24, 2.45) is 5.92 Å². The van der Waals surface area contributed by atoms with Crippen molar-refractivity contribution >= 4 is 0 Å². The van der Waals surface area contributed by atoms with Gasteiger partial charge in [-0.05, 0) is 56.4 Å². The molecule has 1 aromatic rings. The van der Waals surface area contributed by atoms with Gasteiger partial charge in [-0.25, -0.2) is 0 Å². The summed E-state index contributed by atoms with van der Waals surface area (Å²) in [6.07, 6.45) is 18.1. The number of fused-ring (bicyclic) bond motifs is 1. The summed E-state index contributed by atoms with van der Waals surface area (Å²) >= 11 is 0. The number of rotatable bonds is 17. The Morgan fingerprint density at radius 1 is 0.812 bits per heavy atom. The second-order valence-electron chi connectivity index (χ2n) is 10.1. The summed E-state index contributed by atoms with van der Waals surface area (Å²) in [5.41, 5.74) is 2.71. The van der Waals surface area contributed by atoms with E-state index in [0.29, 0.717) is 18.1 Å². The molecule has 1 heterocycles. The fourth-order valence-electron chi connectivity index (χ4n) is 5.38. The maximum Gasteiger partial charge on any atom is 0.195 e. The third kappa shape index (κ3) is 7.57. The predicted octanol–water partition coefficient (Wildman–Crippen LogP) is 7.94. The molecule has 3 rings (SSSR count). The van der Waals surface area contributed by atoms with E-state index in [9.17, 15) is 0 Å². The van der Waals surface area contributed by atoms with Gasteiger partial charge in [-0.3, -0.25) is 0 Å². The molecule has 2 fully saturated rings. The second kappa shape index (κ2) is 13.7. The molecule has 1 saturated heterocycles. The van der Waals surface area contributed by atoms with E-state index in [4.69, 9.17) is 14.2 Å². The van der Waals surface area contributed by atoms with Crippen LogP contribution in [0.2, 0.25) is 0 Å². The molecule has 0 spiro atoms. The van der Waals surface area contributed by atoms with Gasteiger partial charge in [0.25, 0.3) is 0 Å². The molecule has 32 heavy (non-hydrogen) atoms. The maximum absolute atomic E-state index is 6.62. The Labute approximate surface area is 197 Å². The lowest BCUT2D eigenvalue weighted by molar-refractivity contribution is -0.252. The molecule has 1 aliphatic heterocycles. The Morgan fingerprint density at radius 3 is 2.19 bits per heavy atom. The van der Waals surface area contributed by atoms with Gasteiger partial charge >= 0.3 is 0 Å². The highest BCUT2D eigenvalue weighted by molar-refractivity contribution is 5.32. The summed E-state index contributed by atoms with van der Waals surface area (Å²) < 4.78 is 19.0. The van der Waals surface area contributed by atoms with Gasteiger partial charge < -0.3 is 14.2 Å². The van der Waals surface area contributed by atoms with Gasteiger partial charge in [0.2, 0.25) is 0 Å². The average Bonchev–Trinajstić information content (AvgIpc) is 3.59. The molecule has 0 aromatic heterocycles. The second-order valence-corrected chi connectivity index (χ2v) is 10.1. The number of benzene rings is 1. The maximum atomic E-state index is 6.62. The van der Waals surface area contributed by atoms with Crippen LogP contribution >= 0.6 is 0 Å². The van der Waals surface area contributed by atoms with Crippen molar-refractivity contribution < 1.29 is 14.2 Å². The standard InChI is InChI=1S/C29H48O3/c1-4-7-8-9-10-11-14-19-29(30-20-5-2,31-21-6-3)26-16-13-12-15-25(26)22-24-17-18-27-28(23-24)32-27/h12-13,15-16,24,27-28H,4-11,14,17-23H2,1-3H3. The monoisotopic (exact) mass is 444 g/mol. The number of unbranched alkanes of at least 4 members (excludes halogenated alkanes) is 6. The third-order valence-corrected chi connectivity index (χ3v) is 7.24. The molecular formula is C29H48O3. The van der Waals surface area contributed by atoms with Gasteiger partial charge in [-0.2, -0.15) is 0 Å². The molecular weight excluding hydrogens is 396 g/mol. The molecule has 0 amide bonds. The van der Waals surface area contributed by atoms with Crippen LogP contribution in [0.1, 0.15) is 115 Å². The average molecular weight is 445 g/mol. The van der Waals surface area contributed by atoms with E-state index in [-0.39, 0.29) is 0 Å². The van der Waals surface area contributed by atoms with Crippen molar-refractivity contribution in [2.45, 2.75) is 129 Å². The molecule has 3 unspecified atom stereocenters. The van der Waals surface area contributed by atoms with Gasteiger partial charge in [0.05, 0.1) is 25.4 Å². The Bertz CT molecular complexity index is 635. The van der Waals surface area contributed by atoms with Crippen LogP contribution in [0.15, 0.2) is 24.3 Å². The lowest BCUT2D eigenvalue weighted by Crippen LogP contribution is -2.35. The lowest BCUT2D eigenvalue weighted by Gasteiger charge is -2.36. The normalized spacial score (nSPS) is 22.7. The highest BCUT2D eigenvalue weighted by atomic mass is 16.7. The van der Waals surface area contributed by atoms with Crippen LogP contribution in [-0.4, -0.2) is 25.4 Å². The first kappa shape index (κ1) is 25.7. The molecule has 0 bridgehead atoms. The summed E-state index contributed by atoms with van der Waals surface area (Å²) in [4.78, 5) is 0. The summed E-state index contributed by atoms with van der Waals surface area (Å²) in [5.74, 6) is 0.118. The van der Waals surface area contributed by atoms with E-state index in [1.54, 1.807) is 0 Å². The predicted molar refractivity (Wildman–Crippen MR) is 133 cm³/mol. The van der Waals surface area contributed by atoms with Gasteiger partial charge in [0.1, 0.15) is 0 Å². The van der Waals surface area contributed by atoms with E-state index < -0.39 is 5.79 Å². The van der Waals surface area contributed by atoms with E-state index in [2.05, 4.69) is 45.0 Å². The number of hydrogen-bond donors (Lipinski definition) is 0. The van der Waals surface area contributed by atoms with Gasteiger partial charge in [-0.1, -0.05) is 83.6 Å².